The molecule has 2 rings (SSSR count). The third-order valence-electron chi connectivity index (χ3n) is 3.28. The Bertz CT molecular complexity index is 500. The smallest absolute Gasteiger partial charge is 0.409 e. The minimum Gasteiger partial charge on any atom is -0.453 e. The van der Waals surface area contributed by atoms with Crippen LogP contribution in [0.2, 0.25) is 0 Å². The van der Waals surface area contributed by atoms with Crippen molar-refractivity contribution in [3.63, 3.8) is 0 Å². The van der Waals surface area contributed by atoms with Gasteiger partial charge in [-0.25, -0.2) is 4.79 Å². The molecule has 20 heavy (non-hydrogen) atoms. The summed E-state index contributed by atoms with van der Waals surface area (Å²) in [5.41, 5.74) is 0.421. The van der Waals surface area contributed by atoms with E-state index in [4.69, 9.17) is 0 Å². The molecule has 0 aromatic carbocycles. The number of anilines is 1. The topological polar surface area (TPSA) is 97.6 Å². The zero-order chi connectivity index (χ0) is 14.5. The van der Waals surface area contributed by atoms with E-state index in [2.05, 4.69) is 15.0 Å². The molecule has 1 aromatic heterocycles. The van der Waals surface area contributed by atoms with E-state index in [1.54, 1.807) is 11.0 Å². The number of hydrogen-bond donors (Lipinski definition) is 1. The highest BCUT2D eigenvalue weighted by atomic mass is 16.6. The molecule has 1 aliphatic heterocycles. The second-order valence-electron chi connectivity index (χ2n) is 4.53. The number of amides is 1. The van der Waals surface area contributed by atoms with E-state index in [1.165, 1.54) is 19.5 Å². The second-order valence-corrected chi connectivity index (χ2v) is 4.53. The Kier molecular flexibility index (Phi) is 4.34. The number of likely N-dealkylation sites (tertiary alicyclic amines) is 1. The molecule has 2 heterocycles. The highest BCUT2D eigenvalue weighted by molar-refractivity contribution is 5.67. The maximum absolute atomic E-state index is 11.4. The first kappa shape index (κ1) is 14.0. The standard InChI is InChI=1S/C12H16N4O4/c1-20-12(17)15-6-3-9(4-7-15)14-10-2-5-13-8-11(10)16(18)19/h2,5,8-9H,3-4,6-7H2,1H3,(H,13,14). The van der Waals surface area contributed by atoms with E-state index >= 15 is 0 Å². The summed E-state index contributed by atoms with van der Waals surface area (Å²) < 4.78 is 4.66. The number of nitro groups is 1. The van der Waals surface area contributed by atoms with Gasteiger partial charge in [0.1, 0.15) is 11.9 Å². The first-order chi connectivity index (χ1) is 9.61. The lowest BCUT2D eigenvalue weighted by atomic mass is 10.1. The van der Waals surface area contributed by atoms with Crippen LogP contribution in [0.1, 0.15) is 12.8 Å². The van der Waals surface area contributed by atoms with E-state index < -0.39 is 4.92 Å². The lowest BCUT2D eigenvalue weighted by Crippen LogP contribution is -2.42. The maximum Gasteiger partial charge on any atom is 0.409 e. The molecule has 1 saturated heterocycles. The van der Waals surface area contributed by atoms with Gasteiger partial charge in [-0.05, 0) is 18.9 Å². The molecule has 0 saturated carbocycles. The molecule has 0 atom stereocenters. The van der Waals surface area contributed by atoms with E-state index in [1.807, 2.05) is 0 Å². The SMILES string of the molecule is COC(=O)N1CCC(Nc2ccncc2[N+](=O)[O-])CC1. The van der Waals surface area contributed by atoms with Gasteiger partial charge in [-0.15, -0.1) is 0 Å². The van der Waals surface area contributed by atoms with Crippen molar-refractivity contribution in [1.29, 1.82) is 0 Å². The molecule has 8 heteroatoms. The number of ether oxygens (including phenoxy) is 1. The quantitative estimate of drug-likeness (QED) is 0.667. The average molecular weight is 280 g/mol. The van der Waals surface area contributed by atoms with Crippen molar-refractivity contribution in [1.82, 2.24) is 9.88 Å². The number of rotatable bonds is 3. The molecule has 1 aliphatic rings. The molecule has 1 amide bonds. The summed E-state index contributed by atoms with van der Waals surface area (Å²) in [5, 5.41) is 14.0. The monoisotopic (exact) mass is 280 g/mol. The van der Waals surface area contributed by atoms with Gasteiger partial charge in [-0.2, -0.15) is 0 Å². The molecule has 1 fully saturated rings. The van der Waals surface area contributed by atoms with Crippen LogP contribution in [0.25, 0.3) is 0 Å². The van der Waals surface area contributed by atoms with Crippen molar-refractivity contribution in [3.05, 3.63) is 28.6 Å². The zero-order valence-electron chi connectivity index (χ0n) is 11.1. The Morgan fingerprint density at radius 2 is 2.25 bits per heavy atom. The van der Waals surface area contributed by atoms with Crippen LogP contribution in [0.5, 0.6) is 0 Å². The van der Waals surface area contributed by atoms with Gasteiger partial charge in [0.15, 0.2) is 0 Å². The fourth-order valence-electron chi connectivity index (χ4n) is 2.21. The van der Waals surface area contributed by atoms with Crippen LogP contribution in [0.4, 0.5) is 16.2 Å². The molecular formula is C12H16N4O4. The summed E-state index contributed by atoms with van der Waals surface area (Å²) >= 11 is 0. The average Bonchev–Trinajstić information content (AvgIpc) is 2.47. The minimum atomic E-state index is -0.459. The third-order valence-corrected chi connectivity index (χ3v) is 3.28. The van der Waals surface area contributed by atoms with Crippen molar-refractivity contribution >= 4 is 17.5 Å². The highest BCUT2D eigenvalue weighted by Gasteiger charge is 2.24. The van der Waals surface area contributed by atoms with Crippen molar-refractivity contribution in [3.8, 4) is 0 Å². The van der Waals surface area contributed by atoms with Gasteiger partial charge in [0.2, 0.25) is 0 Å². The molecule has 0 bridgehead atoms. The zero-order valence-corrected chi connectivity index (χ0v) is 11.1. The lowest BCUT2D eigenvalue weighted by molar-refractivity contribution is -0.384. The van der Waals surface area contributed by atoms with Crippen molar-refractivity contribution in [2.45, 2.75) is 18.9 Å². The highest BCUT2D eigenvalue weighted by Crippen LogP contribution is 2.25. The number of carbonyl (C=O) groups excluding carboxylic acids is 1. The van der Waals surface area contributed by atoms with Gasteiger partial charge < -0.3 is 15.0 Å². The molecule has 8 nitrogen and oxygen atoms in total. The number of methoxy groups -OCH3 is 1. The number of nitrogens with one attached hydrogen (secondary N) is 1. The van der Waals surface area contributed by atoms with E-state index in [9.17, 15) is 14.9 Å². The van der Waals surface area contributed by atoms with Gasteiger partial charge in [0.05, 0.1) is 12.0 Å². The number of nitrogens with zero attached hydrogens (tertiary/aromatic N) is 3. The van der Waals surface area contributed by atoms with Crippen molar-refractivity contribution in [2.24, 2.45) is 0 Å². The first-order valence-electron chi connectivity index (χ1n) is 6.29. The van der Waals surface area contributed by atoms with Gasteiger partial charge in [-0.3, -0.25) is 15.1 Å². The molecule has 0 unspecified atom stereocenters. The minimum absolute atomic E-state index is 0.0390. The normalized spacial score (nSPS) is 15.8. The van der Waals surface area contributed by atoms with Crippen LogP contribution in [0, 0.1) is 10.1 Å². The Hall–Kier alpha value is -2.38. The molecule has 0 spiro atoms. The number of pyridine rings is 1. The van der Waals surface area contributed by atoms with Crippen LogP contribution in [0.3, 0.4) is 0 Å². The molecule has 0 radical (unpaired) electrons. The van der Waals surface area contributed by atoms with Gasteiger partial charge in [0.25, 0.3) is 0 Å². The predicted molar refractivity (Wildman–Crippen MR) is 71.5 cm³/mol. The van der Waals surface area contributed by atoms with Crippen molar-refractivity contribution in [2.75, 3.05) is 25.5 Å². The summed E-state index contributed by atoms with van der Waals surface area (Å²) in [6.45, 7) is 1.15. The second kappa shape index (κ2) is 6.18. The molecule has 1 N–H and O–H groups in total. The Balaban J connectivity index is 1.96. The van der Waals surface area contributed by atoms with Crippen LogP contribution >= 0.6 is 0 Å². The van der Waals surface area contributed by atoms with E-state index in [0.29, 0.717) is 31.6 Å². The molecular weight excluding hydrogens is 264 g/mol. The predicted octanol–water partition coefficient (Wildman–Crippen LogP) is 1.63. The van der Waals surface area contributed by atoms with E-state index in [0.717, 1.165) is 0 Å². The first-order valence-corrected chi connectivity index (χ1v) is 6.29. The fraction of sp³-hybridized carbons (Fsp3) is 0.500. The summed E-state index contributed by atoms with van der Waals surface area (Å²) in [4.78, 5) is 27.2. The number of aromatic nitrogens is 1. The lowest BCUT2D eigenvalue weighted by Gasteiger charge is -2.31. The maximum atomic E-state index is 11.4. The van der Waals surface area contributed by atoms with Gasteiger partial charge in [-0.1, -0.05) is 0 Å². The fourth-order valence-corrected chi connectivity index (χ4v) is 2.21. The molecule has 0 aliphatic carbocycles. The van der Waals surface area contributed by atoms with E-state index in [-0.39, 0.29) is 17.8 Å². The van der Waals surface area contributed by atoms with Crippen LogP contribution in [0.15, 0.2) is 18.5 Å². The summed E-state index contributed by atoms with van der Waals surface area (Å²) in [5.74, 6) is 0. The number of piperidine rings is 1. The summed E-state index contributed by atoms with van der Waals surface area (Å²) in [6, 6.07) is 1.68. The Labute approximate surface area is 115 Å². The van der Waals surface area contributed by atoms with Crippen LogP contribution in [-0.4, -0.2) is 47.1 Å². The molecule has 1 aromatic rings. The Morgan fingerprint density at radius 1 is 1.55 bits per heavy atom. The largest absolute Gasteiger partial charge is 0.453 e. The van der Waals surface area contributed by atoms with Crippen LogP contribution in [-0.2, 0) is 4.74 Å². The van der Waals surface area contributed by atoms with Crippen molar-refractivity contribution < 1.29 is 14.5 Å². The van der Waals surface area contributed by atoms with Gasteiger partial charge >= 0.3 is 11.8 Å². The number of carbonyl (C=O) groups is 1. The third kappa shape index (κ3) is 3.14. The number of hydrogen-bond acceptors (Lipinski definition) is 6. The summed E-state index contributed by atoms with van der Waals surface area (Å²) in [6.07, 6.45) is 3.84. The van der Waals surface area contributed by atoms with Gasteiger partial charge in [0, 0.05) is 25.3 Å². The van der Waals surface area contributed by atoms with Crippen LogP contribution < -0.4 is 5.32 Å². The molecule has 108 valence electrons. The summed E-state index contributed by atoms with van der Waals surface area (Å²) in [7, 11) is 1.35. The Morgan fingerprint density at radius 3 is 2.85 bits per heavy atom.